The Kier molecular flexibility index (Phi) is 43.9. The average Bonchev–Trinajstić information content (AvgIpc) is 3.34. The number of rotatable bonds is 48. The van der Waals surface area contributed by atoms with Gasteiger partial charge in [-0.2, -0.15) is 0 Å². The predicted octanol–water partition coefficient (Wildman–Crippen LogP) is 11.5. The van der Waals surface area contributed by atoms with Gasteiger partial charge in [0.1, 0.15) is 36.6 Å². The molecule has 0 aromatic heterocycles. The molecule has 0 radical (unpaired) electrons. The van der Waals surface area contributed by atoms with Crippen LogP contribution in [0, 0.1) is 0 Å². The van der Waals surface area contributed by atoms with Crippen LogP contribution in [0.15, 0.2) is 36.5 Å². The number of aliphatic hydroxyl groups is 7. The van der Waals surface area contributed by atoms with Crippen LogP contribution in [-0.2, 0) is 14.3 Å². The fourth-order valence-corrected chi connectivity index (χ4v) is 9.00. The number of allylic oxidation sites excluding steroid dienone is 6. The Morgan fingerprint density at radius 2 is 0.912 bits per heavy atom. The lowest BCUT2D eigenvalue weighted by Gasteiger charge is -2.40. The van der Waals surface area contributed by atoms with Crippen molar-refractivity contribution in [1.29, 1.82) is 0 Å². The van der Waals surface area contributed by atoms with Gasteiger partial charge in [-0.3, -0.25) is 4.79 Å². The van der Waals surface area contributed by atoms with Crippen molar-refractivity contribution < 1.29 is 50.0 Å². The Balaban J connectivity index is 2.31. The Morgan fingerprint density at radius 1 is 0.515 bits per heavy atom. The molecular weight excluding hydrogens is 859 g/mol. The third-order valence-corrected chi connectivity index (χ3v) is 13.7. The van der Waals surface area contributed by atoms with Crippen LogP contribution in [0.1, 0.15) is 251 Å². The quantitative estimate of drug-likeness (QED) is 0.0215. The molecule has 400 valence electrons. The van der Waals surface area contributed by atoms with Gasteiger partial charge in [-0.15, -0.1) is 0 Å². The van der Waals surface area contributed by atoms with Gasteiger partial charge in [0.05, 0.1) is 25.4 Å². The maximum atomic E-state index is 13.2. The van der Waals surface area contributed by atoms with E-state index in [0.717, 1.165) is 51.4 Å². The minimum Gasteiger partial charge on any atom is -0.394 e. The van der Waals surface area contributed by atoms with Crippen LogP contribution in [0.5, 0.6) is 0 Å². The first-order valence-corrected chi connectivity index (χ1v) is 28.4. The van der Waals surface area contributed by atoms with E-state index in [1.807, 2.05) is 0 Å². The molecule has 11 heteroatoms. The number of unbranched alkanes of at least 4 members (excludes halogenated alkanes) is 30. The molecule has 1 rings (SSSR count). The summed E-state index contributed by atoms with van der Waals surface area (Å²) in [4.78, 5) is 13.2. The fourth-order valence-electron chi connectivity index (χ4n) is 9.00. The van der Waals surface area contributed by atoms with Gasteiger partial charge < -0.3 is 50.5 Å². The molecule has 1 saturated heterocycles. The summed E-state index contributed by atoms with van der Waals surface area (Å²) in [5.74, 6) is -0.708. The first kappa shape index (κ1) is 64.3. The second kappa shape index (κ2) is 46.4. The molecule has 0 spiro atoms. The van der Waals surface area contributed by atoms with E-state index in [1.165, 1.54) is 161 Å². The standard InChI is InChI=1S/C57H107NO10/c1-3-5-7-9-11-13-15-17-19-20-21-22-23-24-25-26-27-28-29-31-33-35-37-39-41-43-45-50(61)56(66)58-48(47-67-57-55(65)54(64)53(63)51(46-59)68-57)52(62)49(60)44-42-40-38-36-34-32-30-18-16-14-12-10-8-6-4-2/h21-22,24-25,36,38,48-55,57,59-65H,3-20,23,26-35,37,39-47H2,1-2H3,(H,58,66)/b22-21-,25-24-,38-36+. The molecule has 1 aliphatic heterocycles. The van der Waals surface area contributed by atoms with Crippen molar-refractivity contribution in [1.82, 2.24) is 5.32 Å². The molecule has 68 heavy (non-hydrogen) atoms. The van der Waals surface area contributed by atoms with Gasteiger partial charge in [-0.25, -0.2) is 0 Å². The smallest absolute Gasteiger partial charge is 0.249 e. The average molecular weight is 966 g/mol. The van der Waals surface area contributed by atoms with Crippen LogP contribution in [0.3, 0.4) is 0 Å². The van der Waals surface area contributed by atoms with Crippen LogP contribution in [0.25, 0.3) is 0 Å². The van der Waals surface area contributed by atoms with E-state index in [0.29, 0.717) is 12.8 Å². The summed E-state index contributed by atoms with van der Waals surface area (Å²) >= 11 is 0. The zero-order chi connectivity index (χ0) is 49.7. The SMILES string of the molecule is CCCCCCCCCCC/C=C\C/C=C\CCCCCCCCCCCCC(O)C(=O)NC(COC1OC(CO)C(O)C(O)C1O)C(O)C(O)CCC/C=C/CCCCCCCCCCCC. The van der Waals surface area contributed by atoms with Crippen molar-refractivity contribution in [2.24, 2.45) is 0 Å². The van der Waals surface area contributed by atoms with Gasteiger partial charge in [0.25, 0.3) is 0 Å². The summed E-state index contributed by atoms with van der Waals surface area (Å²) in [5, 5.41) is 76.0. The fraction of sp³-hybridized carbons (Fsp3) is 0.877. The molecule has 0 aliphatic carbocycles. The summed E-state index contributed by atoms with van der Waals surface area (Å²) in [6, 6.07) is -1.19. The maximum Gasteiger partial charge on any atom is 0.249 e. The Hall–Kier alpha value is -1.67. The van der Waals surface area contributed by atoms with Crippen LogP contribution < -0.4 is 5.32 Å². The molecule has 9 atom stereocenters. The first-order valence-electron chi connectivity index (χ1n) is 28.4. The van der Waals surface area contributed by atoms with Gasteiger partial charge >= 0.3 is 0 Å². The van der Waals surface area contributed by atoms with Crippen molar-refractivity contribution in [3.05, 3.63) is 36.5 Å². The topological polar surface area (TPSA) is 189 Å². The Labute approximate surface area is 416 Å². The lowest BCUT2D eigenvalue weighted by molar-refractivity contribution is -0.303. The minimum absolute atomic E-state index is 0.250. The lowest BCUT2D eigenvalue weighted by atomic mass is 9.98. The van der Waals surface area contributed by atoms with E-state index in [4.69, 9.17) is 9.47 Å². The third-order valence-electron chi connectivity index (χ3n) is 13.7. The second-order valence-electron chi connectivity index (χ2n) is 20.0. The molecule has 1 amide bonds. The molecule has 0 aromatic carbocycles. The van der Waals surface area contributed by atoms with E-state index < -0.39 is 74.2 Å². The van der Waals surface area contributed by atoms with Crippen LogP contribution >= 0.6 is 0 Å². The zero-order valence-corrected chi connectivity index (χ0v) is 43.6. The number of amides is 1. The van der Waals surface area contributed by atoms with Crippen molar-refractivity contribution >= 4 is 5.91 Å². The van der Waals surface area contributed by atoms with Gasteiger partial charge in [0, 0.05) is 0 Å². The number of carbonyl (C=O) groups is 1. The highest BCUT2D eigenvalue weighted by molar-refractivity contribution is 5.80. The molecule has 1 fully saturated rings. The molecule has 1 aliphatic rings. The first-order chi connectivity index (χ1) is 33.2. The summed E-state index contributed by atoms with van der Waals surface area (Å²) in [7, 11) is 0. The summed E-state index contributed by atoms with van der Waals surface area (Å²) in [5.41, 5.74) is 0. The monoisotopic (exact) mass is 966 g/mol. The number of aliphatic hydroxyl groups excluding tert-OH is 7. The number of hydrogen-bond acceptors (Lipinski definition) is 10. The highest BCUT2D eigenvalue weighted by atomic mass is 16.7. The van der Waals surface area contributed by atoms with E-state index in [1.54, 1.807) is 0 Å². The molecule has 11 nitrogen and oxygen atoms in total. The van der Waals surface area contributed by atoms with Crippen LogP contribution in [0.2, 0.25) is 0 Å². The highest BCUT2D eigenvalue weighted by Gasteiger charge is 2.44. The number of ether oxygens (including phenoxy) is 2. The van der Waals surface area contributed by atoms with Crippen LogP contribution in [-0.4, -0.2) is 110 Å². The molecule has 0 bridgehead atoms. The van der Waals surface area contributed by atoms with Crippen molar-refractivity contribution in [2.75, 3.05) is 13.2 Å². The van der Waals surface area contributed by atoms with Crippen molar-refractivity contribution in [2.45, 2.75) is 306 Å². The molecule has 0 aromatic rings. The highest BCUT2D eigenvalue weighted by Crippen LogP contribution is 2.23. The van der Waals surface area contributed by atoms with E-state index in [2.05, 4.69) is 55.6 Å². The number of hydrogen-bond donors (Lipinski definition) is 8. The summed E-state index contributed by atoms with van der Waals surface area (Å²) < 4.78 is 11.1. The lowest BCUT2D eigenvalue weighted by Crippen LogP contribution is -2.60. The molecule has 9 unspecified atom stereocenters. The van der Waals surface area contributed by atoms with Crippen LogP contribution in [0.4, 0.5) is 0 Å². The van der Waals surface area contributed by atoms with Crippen molar-refractivity contribution in [3.8, 4) is 0 Å². The van der Waals surface area contributed by atoms with Gasteiger partial charge in [-0.05, 0) is 70.6 Å². The minimum atomic E-state index is -1.67. The summed E-state index contributed by atoms with van der Waals surface area (Å²) in [6.07, 6.45) is 44.9. The molecule has 0 saturated carbocycles. The van der Waals surface area contributed by atoms with E-state index in [-0.39, 0.29) is 12.8 Å². The largest absolute Gasteiger partial charge is 0.394 e. The Bertz CT molecular complexity index is 1200. The zero-order valence-electron chi connectivity index (χ0n) is 43.6. The Morgan fingerprint density at radius 3 is 1.35 bits per heavy atom. The number of nitrogens with one attached hydrogen (secondary N) is 1. The number of carbonyl (C=O) groups excluding carboxylic acids is 1. The van der Waals surface area contributed by atoms with Gasteiger partial charge in [0.15, 0.2) is 6.29 Å². The van der Waals surface area contributed by atoms with E-state index >= 15 is 0 Å². The normalized spacial score (nSPS) is 20.8. The van der Waals surface area contributed by atoms with E-state index in [9.17, 15) is 40.5 Å². The summed E-state index contributed by atoms with van der Waals surface area (Å²) in [6.45, 7) is 3.45. The molecule has 1 heterocycles. The van der Waals surface area contributed by atoms with Gasteiger partial charge in [0.2, 0.25) is 5.91 Å². The maximum absolute atomic E-state index is 13.2. The van der Waals surface area contributed by atoms with Crippen molar-refractivity contribution in [3.63, 3.8) is 0 Å². The third kappa shape index (κ3) is 34.6. The van der Waals surface area contributed by atoms with Gasteiger partial charge in [-0.1, -0.05) is 217 Å². The molecule has 8 N–H and O–H groups in total. The second-order valence-corrected chi connectivity index (χ2v) is 20.0. The predicted molar refractivity (Wildman–Crippen MR) is 279 cm³/mol. The molecular formula is C57H107NO10.